The third-order valence-corrected chi connectivity index (χ3v) is 7.23. The van der Waals surface area contributed by atoms with E-state index in [2.05, 4.69) is 27.8 Å². The van der Waals surface area contributed by atoms with Gasteiger partial charge in [0.1, 0.15) is 0 Å². The summed E-state index contributed by atoms with van der Waals surface area (Å²) in [5, 5.41) is 8.48. The lowest BCUT2D eigenvalue weighted by Gasteiger charge is -2.27. The number of carbonyl (C=O) groups is 2. The topological polar surface area (TPSA) is 71.1 Å². The van der Waals surface area contributed by atoms with Crippen molar-refractivity contribution in [2.75, 3.05) is 5.32 Å². The van der Waals surface area contributed by atoms with Crippen molar-refractivity contribution >= 4 is 39.6 Å². The molecule has 2 aromatic heterocycles. The van der Waals surface area contributed by atoms with E-state index in [0.29, 0.717) is 11.7 Å². The lowest BCUT2D eigenvalue weighted by molar-refractivity contribution is -0.121. The van der Waals surface area contributed by atoms with Crippen LogP contribution in [0.25, 0.3) is 10.6 Å². The molecule has 7 heteroatoms. The number of nitrogens with zero attached hydrogens (tertiary/aromatic N) is 1. The van der Waals surface area contributed by atoms with Gasteiger partial charge in [-0.3, -0.25) is 9.59 Å². The van der Waals surface area contributed by atoms with Crippen molar-refractivity contribution in [3.8, 4) is 10.6 Å². The molecule has 150 valence electrons. The Morgan fingerprint density at radius 1 is 1.10 bits per heavy atom. The zero-order valence-electron chi connectivity index (χ0n) is 16.2. The molecule has 2 amide bonds. The van der Waals surface area contributed by atoms with Crippen molar-refractivity contribution in [1.82, 2.24) is 10.3 Å². The normalized spacial score (nSPS) is 15.2. The van der Waals surface area contributed by atoms with Gasteiger partial charge in [0.2, 0.25) is 11.8 Å². The average Bonchev–Trinajstić information content (AvgIpc) is 3.47. The van der Waals surface area contributed by atoms with Crippen molar-refractivity contribution < 1.29 is 9.59 Å². The molecule has 0 unspecified atom stereocenters. The highest BCUT2D eigenvalue weighted by Gasteiger charge is 2.42. The van der Waals surface area contributed by atoms with E-state index in [9.17, 15) is 9.59 Å². The molecule has 0 spiro atoms. The van der Waals surface area contributed by atoms with E-state index in [4.69, 9.17) is 0 Å². The Morgan fingerprint density at radius 3 is 2.59 bits per heavy atom. The molecule has 4 rings (SSSR count). The van der Waals surface area contributed by atoms with Gasteiger partial charge in [0, 0.05) is 17.2 Å². The van der Waals surface area contributed by atoms with Crippen molar-refractivity contribution in [1.29, 1.82) is 0 Å². The Morgan fingerprint density at radius 2 is 1.86 bits per heavy atom. The Bertz CT molecular complexity index is 1000. The fourth-order valence-electron chi connectivity index (χ4n) is 3.87. The third kappa shape index (κ3) is 4.26. The van der Waals surface area contributed by atoms with Gasteiger partial charge in [-0.2, -0.15) is 0 Å². The van der Waals surface area contributed by atoms with Gasteiger partial charge >= 0.3 is 0 Å². The minimum Gasteiger partial charge on any atom is -0.351 e. The molecular formula is C22H23N3O2S2. The molecule has 29 heavy (non-hydrogen) atoms. The molecule has 1 saturated carbocycles. The zero-order chi connectivity index (χ0) is 20.3. The predicted molar refractivity (Wildman–Crippen MR) is 118 cm³/mol. The lowest BCUT2D eigenvalue weighted by Crippen LogP contribution is -2.37. The Kier molecular flexibility index (Phi) is 5.78. The number of hydrogen-bond donors (Lipinski definition) is 2. The van der Waals surface area contributed by atoms with E-state index < -0.39 is 5.41 Å². The number of hydrogen-bond acceptors (Lipinski definition) is 5. The van der Waals surface area contributed by atoms with Crippen molar-refractivity contribution in [3.05, 3.63) is 58.3 Å². The molecule has 1 aliphatic rings. The smallest absolute Gasteiger partial charge is 0.236 e. The molecule has 3 aromatic rings. The van der Waals surface area contributed by atoms with Crippen LogP contribution in [0.5, 0.6) is 0 Å². The van der Waals surface area contributed by atoms with Gasteiger partial charge in [-0.15, -0.1) is 22.7 Å². The molecule has 2 N–H and O–H groups in total. The Balaban J connectivity index is 1.49. The van der Waals surface area contributed by atoms with Crippen molar-refractivity contribution in [2.45, 2.75) is 44.6 Å². The van der Waals surface area contributed by atoms with E-state index in [0.717, 1.165) is 46.7 Å². The maximum atomic E-state index is 13.3. The summed E-state index contributed by atoms with van der Waals surface area (Å²) in [5.74, 6) is -0.00232. The van der Waals surface area contributed by atoms with E-state index in [1.165, 1.54) is 18.3 Å². The molecule has 5 nitrogen and oxygen atoms in total. The van der Waals surface area contributed by atoms with Crippen LogP contribution in [-0.4, -0.2) is 16.8 Å². The molecule has 1 fully saturated rings. The standard InChI is InChI=1S/C22H23N3O2S2/c1-15(26)23-13-17-9-10-19(29-17)18-14-28-21(24-18)25-20(27)22(11-5-6-12-22)16-7-3-2-4-8-16/h2-4,7-10,14H,5-6,11-13H2,1H3,(H,23,26)(H,24,25,27). The van der Waals surface area contributed by atoms with E-state index in [-0.39, 0.29) is 11.8 Å². The average molecular weight is 426 g/mol. The number of rotatable bonds is 6. The molecule has 0 atom stereocenters. The highest BCUT2D eigenvalue weighted by atomic mass is 32.1. The van der Waals surface area contributed by atoms with Crippen molar-refractivity contribution in [3.63, 3.8) is 0 Å². The number of anilines is 1. The lowest BCUT2D eigenvalue weighted by atomic mass is 9.78. The van der Waals surface area contributed by atoms with Crippen LogP contribution in [0.4, 0.5) is 5.13 Å². The summed E-state index contributed by atoms with van der Waals surface area (Å²) in [4.78, 5) is 31.1. The number of carbonyl (C=O) groups excluding carboxylic acids is 2. The summed E-state index contributed by atoms with van der Waals surface area (Å²) >= 11 is 3.05. The maximum absolute atomic E-state index is 13.3. The predicted octanol–water partition coefficient (Wildman–Crippen LogP) is 4.96. The SMILES string of the molecule is CC(=O)NCc1ccc(-c2csc(NC(=O)C3(c4ccccc4)CCCC3)n2)s1. The second kappa shape index (κ2) is 8.47. The second-order valence-electron chi connectivity index (χ2n) is 7.32. The molecule has 2 heterocycles. The van der Waals surface area contributed by atoms with Crippen LogP contribution in [-0.2, 0) is 21.5 Å². The first-order valence-electron chi connectivity index (χ1n) is 9.73. The van der Waals surface area contributed by atoms with E-state index in [1.54, 1.807) is 11.3 Å². The van der Waals surface area contributed by atoms with E-state index >= 15 is 0 Å². The van der Waals surface area contributed by atoms with Gasteiger partial charge < -0.3 is 10.6 Å². The number of thiazole rings is 1. The number of thiophene rings is 1. The van der Waals surface area contributed by atoms with Gasteiger partial charge in [-0.05, 0) is 30.5 Å². The number of aromatic nitrogens is 1. The minimum atomic E-state index is -0.457. The highest BCUT2D eigenvalue weighted by molar-refractivity contribution is 7.17. The molecule has 0 bridgehead atoms. The third-order valence-electron chi connectivity index (χ3n) is 5.37. The summed E-state index contributed by atoms with van der Waals surface area (Å²) < 4.78 is 0. The summed E-state index contributed by atoms with van der Waals surface area (Å²) in [7, 11) is 0. The summed E-state index contributed by atoms with van der Waals surface area (Å²) in [6.07, 6.45) is 3.88. The first-order valence-corrected chi connectivity index (χ1v) is 11.4. The quantitative estimate of drug-likeness (QED) is 0.586. The minimum absolute atomic E-state index is 0.0413. The first kappa shape index (κ1) is 19.8. The molecule has 0 saturated heterocycles. The maximum Gasteiger partial charge on any atom is 0.236 e. The van der Waals surface area contributed by atoms with Crippen LogP contribution in [0.2, 0.25) is 0 Å². The van der Waals surface area contributed by atoms with Gasteiger partial charge in [0.25, 0.3) is 0 Å². The van der Waals surface area contributed by atoms with Crippen LogP contribution >= 0.6 is 22.7 Å². The summed E-state index contributed by atoms with van der Waals surface area (Å²) in [6, 6.07) is 14.1. The second-order valence-corrected chi connectivity index (χ2v) is 9.35. The molecule has 0 radical (unpaired) electrons. The Labute approximate surface area is 178 Å². The highest BCUT2D eigenvalue weighted by Crippen LogP contribution is 2.42. The van der Waals surface area contributed by atoms with Gasteiger partial charge in [-0.1, -0.05) is 43.2 Å². The van der Waals surface area contributed by atoms with Crippen LogP contribution in [0.3, 0.4) is 0 Å². The zero-order valence-corrected chi connectivity index (χ0v) is 17.9. The van der Waals surface area contributed by atoms with Crippen LogP contribution in [0.1, 0.15) is 43.0 Å². The summed E-state index contributed by atoms with van der Waals surface area (Å²) in [5.41, 5.74) is 1.49. The molecule has 1 aliphatic carbocycles. The summed E-state index contributed by atoms with van der Waals surface area (Å²) in [6.45, 7) is 2.03. The van der Waals surface area contributed by atoms with Gasteiger partial charge in [0.05, 0.1) is 22.5 Å². The Hall–Kier alpha value is -2.51. The largest absolute Gasteiger partial charge is 0.351 e. The fraction of sp³-hybridized carbons (Fsp3) is 0.318. The van der Waals surface area contributed by atoms with Gasteiger partial charge in [-0.25, -0.2) is 4.98 Å². The monoisotopic (exact) mass is 425 g/mol. The molecule has 0 aliphatic heterocycles. The van der Waals surface area contributed by atoms with Crippen LogP contribution in [0, 0.1) is 0 Å². The molecular weight excluding hydrogens is 402 g/mol. The fourth-order valence-corrected chi connectivity index (χ4v) is 5.55. The van der Waals surface area contributed by atoms with Crippen LogP contribution in [0.15, 0.2) is 47.8 Å². The van der Waals surface area contributed by atoms with Crippen LogP contribution < -0.4 is 10.6 Å². The number of amides is 2. The van der Waals surface area contributed by atoms with Gasteiger partial charge in [0.15, 0.2) is 5.13 Å². The number of nitrogens with one attached hydrogen (secondary N) is 2. The first-order chi connectivity index (χ1) is 14.1. The van der Waals surface area contributed by atoms with Crippen molar-refractivity contribution in [2.24, 2.45) is 0 Å². The molecule has 1 aromatic carbocycles. The number of benzene rings is 1. The van der Waals surface area contributed by atoms with E-state index in [1.807, 2.05) is 35.7 Å².